The maximum absolute atomic E-state index is 15.3. The number of nitrogens with one attached hydrogen (secondary N) is 2. The molecule has 1 fully saturated rings. The van der Waals surface area contributed by atoms with Gasteiger partial charge in [0, 0.05) is 37.0 Å². The largest absolute Gasteiger partial charge is 0.375 e. The average molecular weight is 558 g/mol. The summed E-state index contributed by atoms with van der Waals surface area (Å²) in [6.07, 6.45) is 4.30. The predicted octanol–water partition coefficient (Wildman–Crippen LogP) is 3.15. The Bertz CT molecular complexity index is 1580. The number of nitrogens with zero attached hydrogens (tertiary/aromatic N) is 5. The highest BCUT2D eigenvalue weighted by molar-refractivity contribution is 6.31. The Hall–Kier alpha value is -4.23. The van der Waals surface area contributed by atoms with Crippen LogP contribution in [0.1, 0.15) is 35.0 Å². The third-order valence-electron chi connectivity index (χ3n) is 6.17. The molecule has 0 radical (unpaired) electrons. The first-order valence-electron chi connectivity index (χ1n) is 11.7. The number of hydrogen-bond acceptors (Lipinski definition) is 8. The number of pyridine rings is 1. The van der Waals surface area contributed by atoms with Crippen molar-refractivity contribution in [3.05, 3.63) is 70.9 Å². The first-order chi connectivity index (χ1) is 18.6. The van der Waals surface area contributed by atoms with Gasteiger partial charge in [-0.25, -0.2) is 13.8 Å². The zero-order valence-corrected chi connectivity index (χ0v) is 21.7. The van der Waals surface area contributed by atoms with Crippen LogP contribution in [0.2, 0.25) is 5.02 Å². The Kier molecular flexibility index (Phi) is 6.87. The van der Waals surface area contributed by atoms with E-state index in [4.69, 9.17) is 20.9 Å². The third kappa shape index (κ3) is 5.10. The summed E-state index contributed by atoms with van der Waals surface area (Å²) < 4.78 is 42.0. The summed E-state index contributed by atoms with van der Waals surface area (Å²) in [4.78, 5) is 38.0. The minimum Gasteiger partial charge on any atom is -0.375 e. The van der Waals surface area contributed by atoms with E-state index in [-0.39, 0.29) is 58.0 Å². The van der Waals surface area contributed by atoms with Gasteiger partial charge in [0.2, 0.25) is 11.7 Å². The average Bonchev–Trinajstić information content (AvgIpc) is 3.48. The number of benzene rings is 1. The Morgan fingerprint density at radius 2 is 1.95 bits per heavy atom. The number of halogens is 3. The fourth-order valence-corrected chi connectivity index (χ4v) is 4.33. The molecule has 3 aromatic heterocycles. The predicted molar refractivity (Wildman–Crippen MR) is 133 cm³/mol. The normalized spacial score (nSPS) is 14.9. The summed E-state index contributed by atoms with van der Waals surface area (Å²) in [7, 11) is 1.71. The van der Waals surface area contributed by atoms with Crippen LogP contribution in [0, 0.1) is 18.6 Å². The van der Waals surface area contributed by atoms with Crippen LogP contribution in [0.4, 0.5) is 8.78 Å². The molecule has 0 spiro atoms. The lowest BCUT2D eigenvalue weighted by atomic mass is 9.95. The van der Waals surface area contributed by atoms with Gasteiger partial charge in [0.25, 0.3) is 11.8 Å². The molecule has 202 valence electrons. The summed E-state index contributed by atoms with van der Waals surface area (Å²) >= 11 is 6.07. The molecule has 1 atom stereocenters. The van der Waals surface area contributed by atoms with Gasteiger partial charge in [-0.05, 0) is 30.7 Å². The van der Waals surface area contributed by atoms with E-state index in [1.54, 1.807) is 25.5 Å². The van der Waals surface area contributed by atoms with E-state index in [0.717, 1.165) is 12.1 Å². The van der Waals surface area contributed by atoms with E-state index >= 15 is 4.39 Å². The van der Waals surface area contributed by atoms with Gasteiger partial charge in [-0.1, -0.05) is 16.8 Å². The summed E-state index contributed by atoms with van der Waals surface area (Å²) in [6.45, 7) is 2.98. The summed E-state index contributed by atoms with van der Waals surface area (Å²) in [5, 5.41) is 9.19. The second kappa shape index (κ2) is 10.2. The number of aromatic nitrogens is 5. The van der Waals surface area contributed by atoms with Crippen LogP contribution in [0.5, 0.6) is 0 Å². The van der Waals surface area contributed by atoms with Crippen molar-refractivity contribution in [3.63, 3.8) is 0 Å². The minimum absolute atomic E-state index is 0.0254. The SMILES string of the molecule is Cc1nc(-c2c(F)cc(Cl)cc2-c2cnc([C@@H](C)NC(=O)C3(NC(=O)c4cn(C)cn4)COC3)c(F)c2)no1. The van der Waals surface area contributed by atoms with E-state index in [9.17, 15) is 14.0 Å². The van der Waals surface area contributed by atoms with Gasteiger partial charge in [0.1, 0.15) is 17.3 Å². The molecular weight excluding hydrogens is 536 g/mol. The fourth-order valence-electron chi connectivity index (χ4n) is 4.12. The van der Waals surface area contributed by atoms with Crippen molar-refractivity contribution in [1.29, 1.82) is 0 Å². The van der Waals surface area contributed by atoms with Crippen LogP contribution in [0.3, 0.4) is 0 Å². The van der Waals surface area contributed by atoms with E-state index in [0.29, 0.717) is 0 Å². The first kappa shape index (κ1) is 26.4. The summed E-state index contributed by atoms with van der Waals surface area (Å²) in [5.41, 5.74) is -0.880. The van der Waals surface area contributed by atoms with Gasteiger partial charge >= 0.3 is 0 Å². The van der Waals surface area contributed by atoms with Crippen molar-refractivity contribution in [2.24, 2.45) is 7.05 Å². The van der Waals surface area contributed by atoms with Crippen LogP contribution in [-0.2, 0) is 16.6 Å². The van der Waals surface area contributed by atoms with Gasteiger partial charge in [0.15, 0.2) is 5.54 Å². The number of amides is 2. The number of aryl methyl sites for hydroxylation is 2. The molecule has 0 bridgehead atoms. The topological polar surface area (TPSA) is 137 Å². The maximum Gasteiger partial charge on any atom is 0.272 e. The molecular formula is C25H22ClF2N7O4. The summed E-state index contributed by atoms with van der Waals surface area (Å²) in [5.74, 6) is -2.39. The van der Waals surface area contributed by atoms with E-state index in [1.165, 1.54) is 24.8 Å². The fraction of sp³-hybridized carbons (Fsp3) is 0.280. The second-order valence-electron chi connectivity index (χ2n) is 9.19. The highest BCUT2D eigenvalue weighted by Gasteiger charge is 2.48. The number of imidazole rings is 1. The Balaban J connectivity index is 1.37. The Labute approximate surface area is 225 Å². The van der Waals surface area contributed by atoms with E-state index in [1.807, 2.05) is 0 Å². The van der Waals surface area contributed by atoms with Gasteiger partial charge in [-0.2, -0.15) is 4.98 Å². The lowest BCUT2D eigenvalue weighted by Crippen LogP contribution is -2.70. The van der Waals surface area contributed by atoms with E-state index < -0.39 is 35.0 Å². The highest BCUT2D eigenvalue weighted by Crippen LogP contribution is 2.36. The summed E-state index contributed by atoms with van der Waals surface area (Å²) in [6, 6.07) is 2.80. The number of hydrogen-bond donors (Lipinski definition) is 2. The van der Waals surface area contributed by atoms with Gasteiger partial charge < -0.3 is 24.5 Å². The van der Waals surface area contributed by atoms with Gasteiger partial charge in [0.05, 0.1) is 36.8 Å². The molecule has 1 aliphatic heterocycles. The monoisotopic (exact) mass is 557 g/mol. The van der Waals surface area contributed by atoms with Gasteiger partial charge in [-0.15, -0.1) is 0 Å². The van der Waals surface area contributed by atoms with Crippen molar-refractivity contribution in [2.45, 2.75) is 25.4 Å². The molecule has 0 unspecified atom stereocenters. The molecule has 11 nitrogen and oxygen atoms in total. The molecule has 0 aliphatic carbocycles. The molecule has 14 heteroatoms. The van der Waals surface area contributed by atoms with Crippen LogP contribution < -0.4 is 10.6 Å². The smallest absolute Gasteiger partial charge is 0.272 e. The number of carbonyl (C=O) groups excluding carboxylic acids is 2. The molecule has 1 aliphatic rings. The van der Waals surface area contributed by atoms with Crippen LogP contribution >= 0.6 is 11.6 Å². The van der Waals surface area contributed by atoms with Crippen molar-refractivity contribution in [3.8, 4) is 22.5 Å². The lowest BCUT2D eigenvalue weighted by molar-refractivity contribution is -0.147. The molecule has 2 N–H and O–H groups in total. The van der Waals surface area contributed by atoms with E-state index in [2.05, 4.69) is 30.7 Å². The van der Waals surface area contributed by atoms with Crippen molar-refractivity contribution >= 4 is 23.4 Å². The highest BCUT2D eigenvalue weighted by atomic mass is 35.5. The standard InChI is InChI=1S/C25H22ClF2N7O4/c1-12(31-24(37)25(9-38-10-25)33-23(36)19-8-35(3)11-30-19)21-18(28)4-14(7-29-21)16-5-15(26)6-17(27)20(16)22-32-13(2)39-34-22/h4-8,11-12H,9-10H2,1-3H3,(H,31,37)(H,33,36)/t12-/m1/s1. The number of carbonyl (C=O) groups is 2. The molecule has 2 amide bonds. The van der Waals surface area contributed by atoms with Crippen molar-refractivity contribution < 1.29 is 27.6 Å². The lowest BCUT2D eigenvalue weighted by Gasteiger charge is -2.40. The van der Waals surface area contributed by atoms with Gasteiger partial charge in [-0.3, -0.25) is 14.6 Å². The molecule has 4 heterocycles. The number of rotatable bonds is 7. The van der Waals surface area contributed by atoms with Crippen molar-refractivity contribution in [2.75, 3.05) is 13.2 Å². The van der Waals surface area contributed by atoms with Crippen LogP contribution in [0.25, 0.3) is 22.5 Å². The molecule has 1 aromatic carbocycles. The van der Waals surface area contributed by atoms with Crippen LogP contribution in [-0.4, -0.2) is 55.2 Å². The Morgan fingerprint density at radius 1 is 1.18 bits per heavy atom. The quantitative estimate of drug-likeness (QED) is 0.353. The Morgan fingerprint density at radius 3 is 2.54 bits per heavy atom. The zero-order chi connectivity index (χ0) is 27.9. The van der Waals surface area contributed by atoms with Crippen molar-refractivity contribution in [1.82, 2.24) is 35.3 Å². The molecule has 5 rings (SSSR count). The molecule has 39 heavy (non-hydrogen) atoms. The maximum atomic E-state index is 15.3. The molecule has 4 aromatic rings. The zero-order valence-electron chi connectivity index (χ0n) is 21.0. The van der Waals surface area contributed by atoms with Crippen LogP contribution in [0.15, 0.2) is 41.4 Å². The first-order valence-corrected chi connectivity index (χ1v) is 12.1. The number of ether oxygens (including phenoxy) is 1. The minimum atomic E-state index is -1.34. The second-order valence-corrected chi connectivity index (χ2v) is 9.62. The third-order valence-corrected chi connectivity index (χ3v) is 6.38. The molecule has 1 saturated heterocycles. The molecule has 0 saturated carbocycles.